The van der Waals surface area contributed by atoms with Crippen LogP contribution in [0.2, 0.25) is 0 Å². The Bertz CT molecular complexity index is 1030. The number of nitrogens with zero attached hydrogens (tertiary/aromatic N) is 3. The highest BCUT2D eigenvalue weighted by atomic mass is 19.1. The SMILES string of the molecule is CCOC(=O)Cn1cc2c(n1)CCN(C(=O)[C@H](Cc1ccc(F)cc1)NC(=O)OC(C)(C)C)C2. The fourth-order valence-electron chi connectivity index (χ4n) is 3.71. The quantitative estimate of drug-likeness (QED) is 0.619. The van der Waals surface area contributed by atoms with Crippen molar-refractivity contribution in [3.63, 3.8) is 0 Å². The normalized spacial score (nSPS) is 14.2. The van der Waals surface area contributed by atoms with Crippen LogP contribution >= 0.6 is 0 Å². The van der Waals surface area contributed by atoms with Crippen molar-refractivity contribution < 1.29 is 28.2 Å². The van der Waals surface area contributed by atoms with E-state index in [0.717, 1.165) is 11.3 Å². The minimum atomic E-state index is -0.892. The molecule has 0 saturated carbocycles. The topological polar surface area (TPSA) is 103 Å². The van der Waals surface area contributed by atoms with Crippen molar-refractivity contribution in [1.29, 1.82) is 0 Å². The highest BCUT2D eigenvalue weighted by Crippen LogP contribution is 2.20. The standard InChI is InChI=1S/C24H31FN4O5/c1-5-33-21(30)15-29-14-17-13-28(11-10-19(17)27-29)22(31)20(26-23(32)34-24(2,3)4)12-16-6-8-18(25)9-7-16/h6-9,14,20H,5,10-13,15H2,1-4H3,(H,26,32)/t20-/m0/s1. The van der Waals surface area contributed by atoms with Gasteiger partial charge in [-0.15, -0.1) is 0 Å². The van der Waals surface area contributed by atoms with Gasteiger partial charge >= 0.3 is 12.1 Å². The average molecular weight is 475 g/mol. The summed E-state index contributed by atoms with van der Waals surface area (Å²) in [5.41, 5.74) is 1.64. The summed E-state index contributed by atoms with van der Waals surface area (Å²) in [7, 11) is 0. The molecule has 10 heteroatoms. The minimum Gasteiger partial charge on any atom is -0.465 e. The fraction of sp³-hybridized carbons (Fsp3) is 0.500. The Kier molecular flexibility index (Phi) is 7.90. The highest BCUT2D eigenvalue weighted by Gasteiger charge is 2.31. The lowest BCUT2D eigenvalue weighted by Gasteiger charge is -2.31. The molecule has 9 nitrogen and oxygen atoms in total. The van der Waals surface area contributed by atoms with Crippen molar-refractivity contribution in [3.05, 3.63) is 53.1 Å². The highest BCUT2D eigenvalue weighted by molar-refractivity contribution is 5.86. The molecule has 0 saturated heterocycles. The maximum atomic E-state index is 13.4. The molecule has 0 aliphatic carbocycles. The van der Waals surface area contributed by atoms with E-state index in [4.69, 9.17) is 9.47 Å². The molecule has 1 atom stereocenters. The van der Waals surface area contributed by atoms with Crippen LogP contribution in [-0.4, -0.2) is 57.4 Å². The first-order chi connectivity index (χ1) is 16.0. The number of nitrogens with one attached hydrogen (secondary N) is 1. The maximum absolute atomic E-state index is 13.4. The molecule has 0 fully saturated rings. The molecule has 1 aromatic heterocycles. The molecule has 1 N–H and O–H groups in total. The van der Waals surface area contributed by atoms with Gasteiger partial charge in [0.2, 0.25) is 5.91 Å². The van der Waals surface area contributed by atoms with Crippen LogP contribution in [0.15, 0.2) is 30.5 Å². The maximum Gasteiger partial charge on any atom is 0.408 e. The van der Waals surface area contributed by atoms with Gasteiger partial charge in [0.05, 0.1) is 12.3 Å². The summed E-state index contributed by atoms with van der Waals surface area (Å²) >= 11 is 0. The van der Waals surface area contributed by atoms with Gasteiger partial charge in [0.25, 0.3) is 0 Å². The van der Waals surface area contributed by atoms with Crippen LogP contribution in [0.3, 0.4) is 0 Å². The number of benzene rings is 1. The number of amides is 2. The summed E-state index contributed by atoms with van der Waals surface area (Å²) in [6.45, 7) is 7.97. The van der Waals surface area contributed by atoms with Crippen molar-refractivity contribution in [2.24, 2.45) is 0 Å². The first kappa shape index (κ1) is 25.2. The van der Waals surface area contributed by atoms with Crippen LogP contribution in [-0.2, 0) is 45.0 Å². The predicted molar refractivity (Wildman–Crippen MR) is 121 cm³/mol. The zero-order chi connectivity index (χ0) is 24.9. The van der Waals surface area contributed by atoms with E-state index in [2.05, 4.69) is 10.4 Å². The van der Waals surface area contributed by atoms with Gasteiger partial charge in [-0.1, -0.05) is 12.1 Å². The Labute approximate surface area is 198 Å². The third kappa shape index (κ3) is 7.03. The number of fused-ring (bicyclic) bond motifs is 1. The Hall–Kier alpha value is -3.43. The predicted octanol–water partition coefficient (Wildman–Crippen LogP) is 2.61. The molecule has 2 aromatic rings. The Balaban J connectivity index is 1.73. The second-order valence-electron chi connectivity index (χ2n) is 9.14. The second kappa shape index (κ2) is 10.7. The van der Waals surface area contributed by atoms with E-state index in [9.17, 15) is 18.8 Å². The molecular formula is C24H31FN4O5. The molecule has 2 amide bonds. The van der Waals surface area contributed by atoms with E-state index >= 15 is 0 Å². The largest absolute Gasteiger partial charge is 0.465 e. The number of halogens is 1. The van der Waals surface area contributed by atoms with Crippen molar-refractivity contribution in [3.8, 4) is 0 Å². The van der Waals surface area contributed by atoms with Gasteiger partial charge in [-0.2, -0.15) is 5.10 Å². The molecular weight excluding hydrogens is 443 g/mol. The van der Waals surface area contributed by atoms with Crippen LogP contribution in [0, 0.1) is 5.82 Å². The number of carbonyl (C=O) groups is 3. The van der Waals surface area contributed by atoms with Gasteiger partial charge in [0, 0.05) is 37.7 Å². The van der Waals surface area contributed by atoms with Gasteiger partial charge in [0.15, 0.2) is 0 Å². The molecule has 0 spiro atoms. The molecule has 34 heavy (non-hydrogen) atoms. The van der Waals surface area contributed by atoms with Crippen LogP contribution in [0.25, 0.3) is 0 Å². The Morgan fingerprint density at radius 2 is 1.91 bits per heavy atom. The summed E-state index contributed by atoms with van der Waals surface area (Å²) in [6.07, 6.45) is 1.74. The molecule has 1 aromatic carbocycles. The lowest BCUT2D eigenvalue weighted by atomic mass is 10.0. The number of rotatable bonds is 7. The number of hydrogen-bond donors (Lipinski definition) is 1. The van der Waals surface area contributed by atoms with Gasteiger partial charge in [-0.3, -0.25) is 14.3 Å². The molecule has 3 rings (SSSR count). The smallest absolute Gasteiger partial charge is 0.408 e. The number of esters is 1. The van der Waals surface area contributed by atoms with Gasteiger partial charge < -0.3 is 19.7 Å². The monoisotopic (exact) mass is 474 g/mol. The molecule has 184 valence electrons. The molecule has 1 aliphatic heterocycles. The number of ether oxygens (including phenoxy) is 2. The van der Waals surface area contributed by atoms with Gasteiger partial charge in [-0.25, -0.2) is 9.18 Å². The number of aromatic nitrogens is 2. The van der Waals surface area contributed by atoms with Gasteiger partial charge in [-0.05, 0) is 45.4 Å². The average Bonchev–Trinajstić information content (AvgIpc) is 3.14. The van der Waals surface area contributed by atoms with E-state index in [1.807, 2.05) is 0 Å². The van der Waals surface area contributed by atoms with Crippen LogP contribution in [0.1, 0.15) is 44.5 Å². The first-order valence-corrected chi connectivity index (χ1v) is 11.3. The molecule has 0 unspecified atom stereocenters. The third-order valence-electron chi connectivity index (χ3n) is 5.15. The molecule has 0 radical (unpaired) electrons. The summed E-state index contributed by atoms with van der Waals surface area (Å²) in [4.78, 5) is 39.3. The van der Waals surface area contributed by atoms with Crippen molar-refractivity contribution in [2.75, 3.05) is 13.2 Å². The molecule has 0 bridgehead atoms. The second-order valence-corrected chi connectivity index (χ2v) is 9.14. The van der Waals surface area contributed by atoms with Gasteiger partial charge in [0.1, 0.15) is 24.0 Å². The van der Waals surface area contributed by atoms with E-state index in [0.29, 0.717) is 31.7 Å². The van der Waals surface area contributed by atoms with E-state index in [1.165, 1.54) is 16.8 Å². The lowest BCUT2D eigenvalue weighted by molar-refractivity contribution is -0.144. The van der Waals surface area contributed by atoms with E-state index < -0.39 is 17.7 Å². The van der Waals surface area contributed by atoms with Crippen LogP contribution in [0.4, 0.5) is 9.18 Å². The molecule has 1 aliphatic rings. The van der Waals surface area contributed by atoms with Crippen molar-refractivity contribution in [2.45, 2.75) is 65.3 Å². The molecule has 2 heterocycles. The Morgan fingerprint density at radius 3 is 2.56 bits per heavy atom. The third-order valence-corrected chi connectivity index (χ3v) is 5.15. The zero-order valence-corrected chi connectivity index (χ0v) is 20.0. The minimum absolute atomic E-state index is 0.00216. The van der Waals surface area contributed by atoms with Crippen molar-refractivity contribution >= 4 is 18.0 Å². The number of carbonyl (C=O) groups excluding carboxylic acids is 3. The summed E-state index contributed by atoms with van der Waals surface area (Å²) in [5, 5.41) is 7.10. The summed E-state index contributed by atoms with van der Waals surface area (Å²) < 4.78 is 25.2. The van der Waals surface area contributed by atoms with E-state index in [1.54, 1.807) is 50.9 Å². The summed E-state index contributed by atoms with van der Waals surface area (Å²) in [6, 6.07) is 4.90. The summed E-state index contributed by atoms with van der Waals surface area (Å²) in [5.74, 6) is -1.04. The number of alkyl carbamates (subject to hydrolysis) is 1. The Morgan fingerprint density at radius 1 is 1.21 bits per heavy atom. The van der Waals surface area contributed by atoms with E-state index in [-0.39, 0.29) is 30.7 Å². The van der Waals surface area contributed by atoms with Crippen molar-refractivity contribution in [1.82, 2.24) is 20.0 Å². The number of hydrogen-bond acceptors (Lipinski definition) is 6. The van der Waals surface area contributed by atoms with Crippen LogP contribution < -0.4 is 5.32 Å². The fourth-order valence-corrected chi connectivity index (χ4v) is 3.71. The van der Waals surface area contributed by atoms with Crippen LogP contribution in [0.5, 0.6) is 0 Å². The first-order valence-electron chi connectivity index (χ1n) is 11.3. The lowest BCUT2D eigenvalue weighted by Crippen LogP contribution is -2.51. The zero-order valence-electron chi connectivity index (χ0n) is 20.0.